The first-order valence-corrected chi connectivity index (χ1v) is 17.9. The predicted molar refractivity (Wildman–Crippen MR) is 177 cm³/mol. The van der Waals surface area contributed by atoms with Crippen molar-refractivity contribution in [2.24, 2.45) is 5.41 Å². The molecular weight excluding hydrogens is 699 g/mol. The van der Waals surface area contributed by atoms with Crippen LogP contribution in [0.4, 0.5) is 45.5 Å². The highest BCUT2D eigenvalue weighted by Gasteiger charge is 2.44. The number of anilines is 1. The fourth-order valence-corrected chi connectivity index (χ4v) is 8.20. The first kappa shape index (κ1) is 38.3. The number of piperidine rings is 1. The molecule has 284 valence electrons. The molecule has 2 atom stereocenters. The molecule has 2 aliphatic carbocycles. The molecule has 1 saturated carbocycles. The normalized spacial score (nSPS) is 21.9. The van der Waals surface area contributed by atoms with E-state index in [1.807, 2.05) is 18.7 Å². The maximum Gasteiger partial charge on any atom is 0.416 e. The van der Waals surface area contributed by atoms with Gasteiger partial charge in [-0.05, 0) is 91.5 Å². The van der Waals surface area contributed by atoms with Crippen molar-refractivity contribution in [2.75, 3.05) is 18.0 Å². The van der Waals surface area contributed by atoms with Crippen molar-refractivity contribution in [2.45, 2.75) is 127 Å². The average molecular weight is 743 g/mol. The van der Waals surface area contributed by atoms with E-state index >= 15 is 4.39 Å². The van der Waals surface area contributed by atoms with Gasteiger partial charge in [0.2, 0.25) is 11.9 Å². The zero-order valence-corrected chi connectivity index (χ0v) is 29.1. The Morgan fingerprint density at radius 3 is 2.08 bits per heavy atom. The van der Waals surface area contributed by atoms with E-state index in [0.29, 0.717) is 72.8 Å². The van der Waals surface area contributed by atoms with Crippen LogP contribution in [0.1, 0.15) is 141 Å². The van der Waals surface area contributed by atoms with E-state index in [2.05, 4.69) is 9.97 Å². The summed E-state index contributed by atoms with van der Waals surface area (Å²) in [7, 11) is 0. The van der Waals surface area contributed by atoms with Gasteiger partial charge in [-0.3, -0.25) is 4.98 Å². The molecule has 2 fully saturated rings. The van der Waals surface area contributed by atoms with Crippen LogP contribution in [0.15, 0.2) is 36.7 Å². The second-order valence-corrected chi connectivity index (χ2v) is 15.5. The number of aliphatic hydroxyl groups excluding tert-OH is 1. The van der Waals surface area contributed by atoms with Crippen molar-refractivity contribution in [1.29, 1.82) is 0 Å². The van der Waals surface area contributed by atoms with Gasteiger partial charge in [0, 0.05) is 67.5 Å². The van der Waals surface area contributed by atoms with Gasteiger partial charge >= 0.3 is 12.4 Å². The highest BCUT2D eigenvalue weighted by Crippen LogP contribution is 2.52. The molecule has 1 aromatic carbocycles. The van der Waals surface area contributed by atoms with Gasteiger partial charge < -0.3 is 10.0 Å². The van der Waals surface area contributed by atoms with Crippen molar-refractivity contribution < 1.29 is 44.6 Å². The first-order chi connectivity index (χ1) is 24.3. The lowest BCUT2D eigenvalue weighted by atomic mass is 9.68. The zero-order valence-electron chi connectivity index (χ0n) is 29.1. The smallest absolute Gasteiger partial charge is 0.388 e. The Morgan fingerprint density at radius 1 is 0.885 bits per heavy atom. The number of aliphatic hydroxyl groups is 1. The van der Waals surface area contributed by atoms with E-state index in [4.69, 9.17) is 4.98 Å². The van der Waals surface area contributed by atoms with Crippen molar-refractivity contribution in [1.82, 2.24) is 15.0 Å². The number of hydrogen-bond donors (Lipinski definition) is 1. The van der Waals surface area contributed by atoms with Crippen LogP contribution >= 0.6 is 0 Å². The maximum atomic E-state index is 17.2. The van der Waals surface area contributed by atoms with Crippen LogP contribution in [0.3, 0.4) is 0 Å². The van der Waals surface area contributed by atoms with Gasteiger partial charge in [-0.25, -0.2) is 23.1 Å². The third-order valence-electron chi connectivity index (χ3n) is 10.8. The van der Waals surface area contributed by atoms with E-state index in [-0.39, 0.29) is 48.1 Å². The van der Waals surface area contributed by atoms with Gasteiger partial charge in [-0.2, -0.15) is 26.3 Å². The molecule has 52 heavy (non-hydrogen) atoms. The molecule has 3 aromatic rings. The summed E-state index contributed by atoms with van der Waals surface area (Å²) in [5, 5.41) is 11.6. The number of rotatable bonds is 8. The lowest BCUT2D eigenvalue weighted by Gasteiger charge is -2.41. The van der Waals surface area contributed by atoms with Gasteiger partial charge in [-0.1, -0.05) is 26.0 Å². The standard InChI is InChI=1S/C38H43F9N4O/c1-35(2)18-27-30(28(52)19-35)29(23-9-14-36(40,41)15-10-23)31(32(39)24-5-7-26(8-6-24)38(45,46)47)33(50-27)25-11-16-51(17-12-25)34-48-20-22(21-49-34)4-3-13-37(42,43)44/h5-8,20-21,23,25,28,32,52H,3-4,9-19H2,1-2H3/t28-,32?/m0/s1. The fraction of sp³-hybridized carbons (Fsp3) is 0.605. The number of alkyl halides is 9. The third-order valence-corrected chi connectivity index (χ3v) is 10.8. The van der Waals surface area contributed by atoms with E-state index in [1.165, 1.54) is 12.4 Å². The molecule has 3 heterocycles. The molecule has 1 unspecified atom stereocenters. The summed E-state index contributed by atoms with van der Waals surface area (Å²) in [6.07, 6.45) is -8.47. The summed E-state index contributed by atoms with van der Waals surface area (Å²) in [5.74, 6) is -3.28. The summed E-state index contributed by atoms with van der Waals surface area (Å²) in [6.45, 7) is 4.87. The van der Waals surface area contributed by atoms with Crippen molar-refractivity contribution >= 4 is 5.95 Å². The van der Waals surface area contributed by atoms with Gasteiger partial charge in [0.25, 0.3) is 0 Å². The topological polar surface area (TPSA) is 62.1 Å². The minimum Gasteiger partial charge on any atom is -0.388 e. The summed E-state index contributed by atoms with van der Waals surface area (Å²) < 4.78 is 124. The van der Waals surface area contributed by atoms with Crippen LogP contribution in [-0.2, 0) is 19.0 Å². The number of fused-ring (bicyclic) bond motifs is 1. The Balaban J connectivity index is 1.36. The fourth-order valence-electron chi connectivity index (χ4n) is 8.20. The second-order valence-electron chi connectivity index (χ2n) is 15.5. The van der Waals surface area contributed by atoms with E-state index in [0.717, 1.165) is 24.3 Å². The first-order valence-electron chi connectivity index (χ1n) is 17.9. The van der Waals surface area contributed by atoms with Crippen LogP contribution in [0.2, 0.25) is 0 Å². The van der Waals surface area contributed by atoms with E-state index in [9.17, 15) is 40.2 Å². The number of halogens is 9. The van der Waals surface area contributed by atoms with Crippen LogP contribution in [0, 0.1) is 5.41 Å². The molecule has 0 amide bonds. The molecular formula is C38H43F9N4O. The second kappa shape index (κ2) is 14.4. The molecule has 1 N–H and O–H groups in total. The largest absolute Gasteiger partial charge is 0.416 e. The minimum absolute atomic E-state index is 0.0230. The number of aryl methyl sites for hydroxylation is 1. The van der Waals surface area contributed by atoms with Crippen molar-refractivity contribution in [3.63, 3.8) is 0 Å². The molecule has 1 saturated heterocycles. The van der Waals surface area contributed by atoms with Crippen molar-refractivity contribution in [3.05, 3.63) is 81.4 Å². The SMILES string of the molecule is CC1(C)Cc2nc(C3CCN(c4ncc(CCCC(F)(F)F)cn4)CC3)c(C(F)c3ccc(C(F)(F)F)cc3)c(C3CCC(F)(F)CC3)c2[C@@H](O)C1. The molecule has 5 nitrogen and oxygen atoms in total. The maximum absolute atomic E-state index is 17.2. The highest BCUT2D eigenvalue weighted by atomic mass is 19.4. The van der Waals surface area contributed by atoms with E-state index < -0.39 is 61.3 Å². The van der Waals surface area contributed by atoms with Gasteiger partial charge in [0.15, 0.2) is 6.17 Å². The van der Waals surface area contributed by atoms with Gasteiger partial charge in [-0.15, -0.1) is 0 Å². The number of pyridine rings is 1. The molecule has 3 aliphatic rings. The number of aromatic nitrogens is 3. The van der Waals surface area contributed by atoms with Gasteiger partial charge in [0.05, 0.1) is 17.4 Å². The Labute approximate surface area is 297 Å². The molecule has 14 heteroatoms. The Bertz CT molecular complexity index is 1690. The predicted octanol–water partition coefficient (Wildman–Crippen LogP) is 10.5. The van der Waals surface area contributed by atoms with Gasteiger partial charge in [0.1, 0.15) is 0 Å². The number of benzene rings is 1. The summed E-state index contributed by atoms with van der Waals surface area (Å²) >= 11 is 0. The summed E-state index contributed by atoms with van der Waals surface area (Å²) in [4.78, 5) is 15.8. The molecule has 0 bridgehead atoms. The molecule has 2 aromatic heterocycles. The lowest BCUT2D eigenvalue weighted by molar-refractivity contribution is -0.137. The van der Waals surface area contributed by atoms with Crippen LogP contribution in [0.25, 0.3) is 0 Å². The minimum atomic E-state index is -4.62. The molecule has 0 radical (unpaired) electrons. The Kier molecular flexibility index (Phi) is 10.6. The zero-order chi connectivity index (χ0) is 37.6. The monoisotopic (exact) mass is 742 g/mol. The summed E-state index contributed by atoms with van der Waals surface area (Å²) in [5.41, 5.74) is 1.41. The quantitative estimate of drug-likeness (QED) is 0.233. The summed E-state index contributed by atoms with van der Waals surface area (Å²) in [6, 6.07) is 3.85. The van der Waals surface area contributed by atoms with Crippen LogP contribution in [0.5, 0.6) is 0 Å². The van der Waals surface area contributed by atoms with Crippen LogP contribution in [-0.4, -0.2) is 45.2 Å². The molecule has 1 aliphatic heterocycles. The Hall–Kier alpha value is -3.42. The molecule has 0 spiro atoms. The molecule has 6 rings (SSSR count). The Morgan fingerprint density at radius 2 is 1.50 bits per heavy atom. The van der Waals surface area contributed by atoms with Crippen LogP contribution < -0.4 is 4.90 Å². The third kappa shape index (κ3) is 8.68. The number of nitrogens with zero attached hydrogens (tertiary/aromatic N) is 4. The van der Waals surface area contributed by atoms with Crippen molar-refractivity contribution in [3.8, 4) is 0 Å². The average Bonchev–Trinajstić information content (AvgIpc) is 3.06. The number of hydrogen-bond acceptors (Lipinski definition) is 5. The van der Waals surface area contributed by atoms with E-state index in [1.54, 1.807) is 0 Å². The highest BCUT2D eigenvalue weighted by molar-refractivity contribution is 5.51. The lowest BCUT2D eigenvalue weighted by Crippen LogP contribution is -2.36.